The minimum Gasteiger partial charge on any atom is -0.493 e. The van der Waals surface area contributed by atoms with Gasteiger partial charge in [-0.25, -0.2) is 8.42 Å². The summed E-state index contributed by atoms with van der Waals surface area (Å²) in [5, 5.41) is 0. The molecule has 0 radical (unpaired) electrons. The Kier molecular flexibility index (Phi) is 4.99. The molecular formula is C16H18N2O5S. The normalized spacial score (nSPS) is 11.0. The number of sulfonamides is 1. The first-order valence-electron chi connectivity index (χ1n) is 6.94. The van der Waals surface area contributed by atoms with Crippen LogP contribution in [0.15, 0.2) is 41.3 Å². The molecular weight excluding hydrogens is 332 g/mol. The van der Waals surface area contributed by atoms with Gasteiger partial charge in [-0.2, -0.15) is 0 Å². The highest BCUT2D eigenvalue weighted by Gasteiger charge is 2.18. The summed E-state index contributed by atoms with van der Waals surface area (Å²) < 4.78 is 37.7. The lowest BCUT2D eigenvalue weighted by molar-refractivity contribution is 0.0999. The van der Waals surface area contributed by atoms with E-state index in [1.54, 1.807) is 19.1 Å². The molecule has 0 saturated heterocycles. The summed E-state index contributed by atoms with van der Waals surface area (Å²) in [6.07, 6.45) is 0. The number of ether oxygens (including phenoxy) is 2. The van der Waals surface area contributed by atoms with Crippen LogP contribution in [0.25, 0.3) is 0 Å². The van der Waals surface area contributed by atoms with E-state index in [0.717, 1.165) is 0 Å². The van der Waals surface area contributed by atoms with Gasteiger partial charge in [0.05, 0.1) is 24.8 Å². The number of anilines is 1. The van der Waals surface area contributed by atoms with Crippen molar-refractivity contribution in [3.8, 4) is 11.5 Å². The molecule has 0 saturated carbocycles. The number of nitrogens with two attached hydrogens (primary N) is 1. The van der Waals surface area contributed by atoms with E-state index in [1.165, 1.54) is 38.5 Å². The molecule has 0 aliphatic carbocycles. The summed E-state index contributed by atoms with van der Waals surface area (Å²) in [5.74, 6) is 0.182. The molecule has 3 N–H and O–H groups in total. The van der Waals surface area contributed by atoms with Gasteiger partial charge in [0.1, 0.15) is 0 Å². The molecule has 8 heteroatoms. The fourth-order valence-electron chi connectivity index (χ4n) is 2.15. The number of methoxy groups -OCH3 is 2. The second-order valence-corrected chi connectivity index (χ2v) is 6.70. The average molecular weight is 350 g/mol. The lowest BCUT2D eigenvalue weighted by Crippen LogP contribution is -2.17. The van der Waals surface area contributed by atoms with Gasteiger partial charge in [0.25, 0.3) is 10.0 Å². The third-order valence-corrected chi connectivity index (χ3v) is 4.80. The molecule has 0 bridgehead atoms. The van der Waals surface area contributed by atoms with E-state index in [2.05, 4.69) is 4.72 Å². The van der Waals surface area contributed by atoms with Gasteiger partial charge >= 0.3 is 0 Å². The standard InChI is InChI=1S/C16H18N2O5S/c1-10-4-6-12(9-13(10)16(17)19)24(20,21)18-11-5-7-14(22-2)15(8-11)23-3/h4-9,18H,1-3H3,(H2,17,19). The molecule has 0 fully saturated rings. The number of benzene rings is 2. The molecule has 0 aliphatic heterocycles. The number of hydrogen-bond acceptors (Lipinski definition) is 5. The fraction of sp³-hybridized carbons (Fsp3) is 0.188. The number of rotatable bonds is 6. The Labute approximate surface area is 140 Å². The number of carbonyl (C=O) groups excluding carboxylic acids is 1. The minimum atomic E-state index is -3.88. The SMILES string of the molecule is COc1ccc(NS(=O)(=O)c2ccc(C)c(C(N)=O)c2)cc1OC. The highest BCUT2D eigenvalue weighted by Crippen LogP contribution is 2.30. The first kappa shape index (κ1) is 17.6. The molecule has 0 heterocycles. The minimum absolute atomic E-state index is 0.0586. The molecule has 0 aromatic heterocycles. The molecule has 2 aromatic carbocycles. The van der Waals surface area contributed by atoms with Crippen LogP contribution in [0.3, 0.4) is 0 Å². The van der Waals surface area contributed by atoms with Gasteiger partial charge in [-0.05, 0) is 36.8 Å². The summed E-state index contributed by atoms with van der Waals surface area (Å²) in [4.78, 5) is 11.3. The van der Waals surface area contributed by atoms with E-state index in [1.807, 2.05) is 0 Å². The van der Waals surface area contributed by atoms with E-state index < -0.39 is 15.9 Å². The topological polar surface area (TPSA) is 108 Å². The van der Waals surface area contributed by atoms with E-state index >= 15 is 0 Å². The van der Waals surface area contributed by atoms with Gasteiger partial charge in [-0.1, -0.05) is 6.07 Å². The van der Waals surface area contributed by atoms with Crippen LogP contribution in [0.1, 0.15) is 15.9 Å². The number of nitrogens with one attached hydrogen (secondary N) is 1. The van der Waals surface area contributed by atoms with Crippen LogP contribution in [-0.2, 0) is 10.0 Å². The van der Waals surface area contributed by atoms with Crippen LogP contribution in [0.5, 0.6) is 11.5 Å². The number of amides is 1. The van der Waals surface area contributed by atoms with Crippen LogP contribution < -0.4 is 19.9 Å². The molecule has 0 atom stereocenters. The largest absolute Gasteiger partial charge is 0.493 e. The van der Waals surface area contributed by atoms with Crippen molar-refractivity contribution in [3.63, 3.8) is 0 Å². The third kappa shape index (κ3) is 3.60. The summed E-state index contributed by atoms with van der Waals surface area (Å²) in [6, 6.07) is 8.82. The van der Waals surface area contributed by atoms with E-state index in [4.69, 9.17) is 15.2 Å². The van der Waals surface area contributed by atoms with Crippen LogP contribution in [-0.4, -0.2) is 28.5 Å². The Morgan fingerprint density at radius 3 is 2.29 bits per heavy atom. The maximum Gasteiger partial charge on any atom is 0.261 e. The van der Waals surface area contributed by atoms with Crippen molar-refractivity contribution < 1.29 is 22.7 Å². The first-order valence-corrected chi connectivity index (χ1v) is 8.42. The lowest BCUT2D eigenvalue weighted by Gasteiger charge is -2.12. The van der Waals surface area contributed by atoms with Crippen molar-refractivity contribution in [1.29, 1.82) is 0 Å². The molecule has 7 nitrogen and oxygen atoms in total. The molecule has 0 unspecified atom stereocenters. The molecule has 0 spiro atoms. The zero-order valence-electron chi connectivity index (χ0n) is 13.5. The second kappa shape index (κ2) is 6.79. The van der Waals surface area contributed by atoms with Crippen molar-refractivity contribution >= 4 is 21.6 Å². The van der Waals surface area contributed by atoms with Crippen molar-refractivity contribution in [2.24, 2.45) is 5.73 Å². The summed E-state index contributed by atoms with van der Waals surface area (Å²) in [7, 11) is -0.946. The van der Waals surface area contributed by atoms with Gasteiger partial charge in [-0.3, -0.25) is 9.52 Å². The fourth-order valence-corrected chi connectivity index (χ4v) is 3.22. The number of primary amides is 1. The van der Waals surface area contributed by atoms with Gasteiger partial charge < -0.3 is 15.2 Å². The Morgan fingerprint density at radius 2 is 1.71 bits per heavy atom. The molecule has 2 aromatic rings. The van der Waals surface area contributed by atoms with Crippen LogP contribution >= 0.6 is 0 Å². The van der Waals surface area contributed by atoms with Crippen molar-refractivity contribution in [2.45, 2.75) is 11.8 Å². The summed E-state index contributed by atoms with van der Waals surface area (Å²) >= 11 is 0. The average Bonchev–Trinajstić information content (AvgIpc) is 2.54. The summed E-state index contributed by atoms with van der Waals surface area (Å²) in [5.41, 5.74) is 6.33. The smallest absolute Gasteiger partial charge is 0.261 e. The first-order chi connectivity index (χ1) is 11.3. The highest BCUT2D eigenvalue weighted by molar-refractivity contribution is 7.92. The van der Waals surface area contributed by atoms with Crippen LogP contribution in [0.4, 0.5) is 5.69 Å². The Balaban J connectivity index is 2.39. The number of carbonyl (C=O) groups is 1. The van der Waals surface area contributed by atoms with Crippen LogP contribution in [0, 0.1) is 6.92 Å². The molecule has 1 amide bonds. The monoisotopic (exact) mass is 350 g/mol. The third-order valence-electron chi connectivity index (χ3n) is 3.42. The van der Waals surface area contributed by atoms with Gasteiger partial charge in [0.15, 0.2) is 11.5 Å². The number of aryl methyl sites for hydroxylation is 1. The molecule has 0 aliphatic rings. The maximum absolute atomic E-state index is 12.5. The van der Waals surface area contributed by atoms with Crippen LogP contribution in [0.2, 0.25) is 0 Å². The Bertz CT molecular complexity index is 878. The highest BCUT2D eigenvalue weighted by atomic mass is 32.2. The van der Waals surface area contributed by atoms with E-state index in [9.17, 15) is 13.2 Å². The van der Waals surface area contributed by atoms with Crippen molar-refractivity contribution in [3.05, 3.63) is 47.5 Å². The van der Waals surface area contributed by atoms with Gasteiger partial charge in [0.2, 0.25) is 5.91 Å². The number of hydrogen-bond donors (Lipinski definition) is 2. The summed E-state index contributed by atoms with van der Waals surface area (Å²) in [6.45, 7) is 1.68. The Morgan fingerprint density at radius 1 is 1.04 bits per heavy atom. The van der Waals surface area contributed by atoms with Crippen molar-refractivity contribution in [2.75, 3.05) is 18.9 Å². The van der Waals surface area contributed by atoms with E-state index in [-0.39, 0.29) is 10.5 Å². The lowest BCUT2D eigenvalue weighted by atomic mass is 10.1. The van der Waals surface area contributed by atoms with Crippen molar-refractivity contribution in [1.82, 2.24) is 0 Å². The molecule has 128 valence electrons. The quantitative estimate of drug-likeness (QED) is 0.827. The predicted octanol–water partition coefficient (Wildman–Crippen LogP) is 1.91. The van der Waals surface area contributed by atoms with Gasteiger partial charge in [-0.15, -0.1) is 0 Å². The van der Waals surface area contributed by atoms with Gasteiger partial charge in [0, 0.05) is 11.6 Å². The second-order valence-electron chi connectivity index (χ2n) is 5.02. The zero-order valence-corrected chi connectivity index (χ0v) is 14.3. The molecule has 2 rings (SSSR count). The Hall–Kier alpha value is -2.74. The maximum atomic E-state index is 12.5. The van der Waals surface area contributed by atoms with E-state index in [0.29, 0.717) is 22.7 Å². The zero-order chi connectivity index (χ0) is 17.9. The predicted molar refractivity (Wildman–Crippen MR) is 90.1 cm³/mol. The molecule has 24 heavy (non-hydrogen) atoms.